The number of hydrogen-bond donors (Lipinski definition) is 6. The van der Waals surface area contributed by atoms with Crippen molar-refractivity contribution in [2.75, 3.05) is 13.2 Å². The maximum Gasteiger partial charge on any atom is 0.306 e. The first-order valence-corrected chi connectivity index (χ1v) is 35.0. The van der Waals surface area contributed by atoms with Crippen LogP contribution in [0.4, 0.5) is 0 Å². The van der Waals surface area contributed by atoms with Gasteiger partial charge in [0, 0.05) is 6.42 Å². The van der Waals surface area contributed by atoms with Gasteiger partial charge in [0.2, 0.25) is 5.91 Å². The molecule has 0 aromatic carbocycles. The van der Waals surface area contributed by atoms with Crippen LogP contribution in [0.3, 0.4) is 0 Å². The van der Waals surface area contributed by atoms with E-state index in [0.717, 1.165) is 116 Å². The summed E-state index contributed by atoms with van der Waals surface area (Å²) in [6.07, 6.45) is 77.7. The molecule has 0 aliphatic carbocycles. The molecule has 1 aliphatic rings. The van der Waals surface area contributed by atoms with Gasteiger partial charge in [0.05, 0.1) is 25.4 Å². The Kier molecular flexibility index (Phi) is 57.6. The second kappa shape index (κ2) is 62.0. The van der Waals surface area contributed by atoms with Crippen LogP contribution in [-0.4, -0.2) is 99.6 Å². The van der Waals surface area contributed by atoms with Crippen LogP contribution >= 0.6 is 0 Å². The molecule has 1 amide bonds. The van der Waals surface area contributed by atoms with Crippen molar-refractivity contribution in [1.82, 2.24) is 5.32 Å². The smallest absolute Gasteiger partial charge is 0.306 e. The van der Waals surface area contributed by atoms with E-state index < -0.39 is 67.4 Å². The maximum atomic E-state index is 13.5. The van der Waals surface area contributed by atoms with E-state index in [1.54, 1.807) is 6.08 Å². The normalized spacial score (nSPS) is 19.1. The van der Waals surface area contributed by atoms with E-state index in [2.05, 4.69) is 142 Å². The van der Waals surface area contributed by atoms with Crippen molar-refractivity contribution in [3.63, 3.8) is 0 Å². The van der Waals surface area contributed by atoms with E-state index in [1.165, 1.54) is 103 Å². The minimum atomic E-state index is -1.63. The van der Waals surface area contributed by atoms with E-state index in [1.807, 2.05) is 12.2 Å². The number of ether oxygens (including phenoxy) is 3. The first kappa shape index (κ1) is 80.8. The Labute approximate surface area is 531 Å². The lowest BCUT2D eigenvalue weighted by atomic mass is 9.99. The van der Waals surface area contributed by atoms with Crippen LogP contribution in [0.25, 0.3) is 0 Å². The lowest BCUT2D eigenvalue weighted by Crippen LogP contribution is -2.61. The molecule has 87 heavy (non-hydrogen) atoms. The SMILES string of the molecule is CC/C=C\C/C=C\C/C=C\C/C=C\C/C=C\C/C=C\CCCC(O)C(=O)NC(COC1OC(CO)C(O)C(O)C1OC(=O)CCCCCCCCCCC/C=C\C/C=C\C/C=C\C/C=C\CCCCC)C(O)/C=C/CCCCCCCCCCCCC. The number of carbonyl (C=O) groups is 2. The molecule has 11 heteroatoms. The zero-order chi connectivity index (χ0) is 63.1. The molecular weight excluding hydrogens is 1090 g/mol. The van der Waals surface area contributed by atoms with Crippen molar-refractivity contribution in [3.05, 3.63) is 134 Å². The van der Waals surface area contributed by atoms with Gasteiger partial charge in [-0.1, -0.05) is 276 Å². The van der Waals surface area contributed by atoms with Gasteiger partial charge >= 0.3 is 5.97 Å². The lowest BCUT2D eigenvalue weighted by Gasteiger charge is -2.41. The molecule has 0 aromatic heterocycles. The molecule has 8 atom stereocenters. The molecule has 0 bridgehead atoms. The molecule has 1 rings (SSSR count). The van der Waals surface area contributed by atoms with E-state index in [-0.39, 0.29) is 19.4 Å². The zero-order valence-corrected chi connectivity index (χ0v) is 55.1. The van der Waals surface area contributed by atoms with Crippen LogP contribution in [0.2, 0.25) is 0 Å². The van der Waals surface area contributed by atoms with Crippen LogP contribution in [0.5, 0.6) is 0 Å². The largest absolute Gasteiger partial charge is 0.454 e. The van der Waals surface area contributed by atoms with Crippen LogP contribution < -0.4 is 5.32 Å². The van der Waals surface area contributed by atoms with Gasteiger partial charge in [-0.3, -0.25) is 9.59 Å². The number of hydrogen-bond acceptors (Lipinski definition) is 10. The highest BCUT2D eigenvalue weighted by molar-refractivity contribution is 5.80. The van der Waals surface area contributed by atoms with Gasteiger partial charge in [0.1, 0.15) is 24.4 Å². The molecule has 0 spiro atoms. The van der Waals surface area contributed by atoms with Crippen molar-refractivity contribution in [2.24, 2.45) is 0 Å². The summed E-state index contributed by atoms with van der Waals surface area (Å²) in [5.74, 6) is -1.25. The standard InChI is InChI=1S/C76H127NO10/c1-4-7-10-13-16-19-22-25-27-29-31-33-34-35-36-37-39-41-43-46-49-52-55-58-61-64-71(81)87-74-73(83)72(82)70(65-78)86-76(74)85-66-67(68(79)62-59-56-53-50-47-44-24-21-18-15-12-9-6-3)77-75(84)69(80)63-60-57-54-51-48-45-42-40-38-32-30-28-26-23-20-17-14-11-8-5-2/h8,11,16-17,19-20,25-28,31-33,35-36,38,42,45,51,54,59,62,67-70,72-74,76,78-80,82-83H,4-7,9-10,12-15,18,21-24,29-30,34,37,39-41,43-44,46-50,52-53,55-58,60-61,63-66H2,1-3H3,(H,77,84)/b11-8-,19-16-,20-17-,27-25-,28-26-,33-31-,36-35-,38-32-,45-42-,54-51-,62-59+. The minimum absolute atomic E-state index is 0.103. The predicted octanol–water partition coefficient (Wildman–Crippen LogP) is 18.0. The first-order chi connectivity index (χ1) is 42.7. The third-order valence-electron chi connectivity index (χ3n) is 15.5. The molecule has 0 saturated carbocycles. The fraction of sp³-hybridized carbons (Fsp3) is 0.684. The topological polar surface area (TPSA) is 175 Å². The quantitative estimate of drug-likeness (QED) is 0.0195. The summed E-state index contributed by atoms with van der Waals surface area (Å²) in [7, 11) is 0. The number of carbonyl (C=O) groups excluding carboxylic acids is 2. The van der Waals surface area contributed by atoms with Crippen molar-refractivity contribution >= 4 is 11.9 Å². The highest BCUT2D eigenvalue weighted by atomic mass is 16.7. The van der Waals surface area contributed by atoms with Crippen molar-refractivity contribution in [3.8, 4) is 0 Å². The fourth-order valence-electron chi connectivity index (χ4n) is 10.1. The number of nitrogens with one attached hydrogen (secondary N) is 1. The third-order valence-corrected chi connectivity index (χ3v) is 15.5. The zero-order valence-electron chi connectivity index (χ0n) is 55.1. The second-order valence-corrected chi connectivity index (χ2v) is 23.5. The summed E-state index contributed by atoms with van der Waals surface area (Å²) in [6, 6.07) is -1.06. The Balaban J connectivity index is 2.65. The van der Waals surface area contributed by atoms with Crippen molar-refractivity contribution in [1.29, 1.82) is 0 Å². The second-order valence-electron chi connectivity index (χ2n) is 23.5. The van der Waals surface area contributed by atoms with Crippen molar-refractivity contribution < 1.29 is 49.3 Å². The van der Waals surface area contributed by atoms with E-state index >= 15 is 0 Å². The number of esters is 1. The van der Waals surface area contributed by atoms with Crippen LogP contribution in [0.15, 0.2) is 134 Å². The third kappa shape index (κ3) is 49.3. The molecule has 8 unspecified atom stereocenters. The molecular formula is C76H127NO10. The summed E-state index contributed by atoms with van der Waals surface area (Å²) >= 11 is 0. The van der Waals surface area contributed by atoms with Gasteiger partial charge in [-0.2, -0.15) is 0 Å². The summed E-state index contributed by atoms with van der Waals surface area (Å²) in [6.45, 7) is 5.63. The predicted molar refractivity (Wildman–Crippen MR) is 365 cm³/mol. The summed E-state index contributed by atoms with van der Waals surface area (Å²) in [4.78, 5) is 26.7. The monoisotopic (exact) mass is 1210 g/mol. The first-order valence-electron chi connectivity index (χ1n) is 35.0. The van der Waals surface area contributed by atoms with Crippen LogP contribution in [0, 0.1) is 0 Å². The average molecular weight is 1210 g/mol. The van der Waals surface area contributed by atoms with Crippen LogP contribution in [-0.2, 0) is 23.8 Å². The molecule has 1 saturated heterocycles. The summed E-state index contributed by atoms with van der Waals surface area (Å²) in [5, 5.41) is 57.2. The average Bonchev–Trinajstić information content (AvgIpc) is 1.52. The Morgan fingerprint density at radius 2 is 0.828 bits per heavy atom. The maximum absolute atomic E-state index is 13.5. The van der Waals surface area contributed by atoms with E-state index in [4.69, 9.17) is 14.2 Å². The lowest BCUT2D eigenvalue weighted by molar-refractivity contribution is -0.305. The molecule has 0 radical (unpaired) electrons. The number of aliphatic hydroxyl groups is 5. The molecule has 1 fully saturated rings. The number of allylic oxidation sites excluding steroid dienone is 21. The summed E-state index contributed by atoms with van der Waals surface area (Å²) < 4.78 is 17.7. The number of aliphatic hydroxyl groups excluding tert-OH is 5. The summed E-state index contributed by atoms with van der Waals surface area (Å²) in [5.41, 5.74) is 0. The van der Waals surface area contributed by atoms with Crippen molar-refractivity contribution in [2.45, 2.75) is 320 Å². The van der Waals surface area contributed by atoms with Gasteiger partial charge in [0.25, 0.3) is 0 Å². The van der Waals surface area contributed by atoms with Gasteiger partial charge in [-0.25, -0.2) is 0 Å². The van der Waals surface area contributed by atoms with Gasteiger partial charge in [0.15, 0.2) is 12.4 Å². The Bertz CT molecular complexity index is 1930. The number of unbranched alkanes of at least 4 members (excludes halogenated alkanes) is 24. The Hall–Kier alpha value is -4.20. The molecule has 1 aliphatic heterocycles. The Morgan fingerprint density at radius 1 is 0.460 bits per heavy atom. The highest BCUT2D eigenvalue weighted by Gasteiger charge is 2.47. The fourth-order valence-corrected chi connectivity index (χ4v) is 10.1. The van der Waals surface area contributed by atoms with E-state index in [0.29, 0.717) is 19.3 Å². The minimum Gasteiger partial charge on any atom is -0.454 e. The number of rotatable bonds is 58. The van der Waals surface area contributed by atoms with Crippen LogP contribution in [0.1, 0.15) is 271 Å². The van der Waals surface area contributed by atoms with E-state index in [9.17, 15) is 35.1 Å². The Morgan fingerprint density at radius 3 is 1.26 bits per heavy atom. The molecule has 0 aromatic rings. The molecule has 11 nitrogen and oxygen atoms in total. The van der Waals surface area contributed by atoms with Gasteiger partial charge in [-0.15, -0.1) is 0 Å². The number of amides is 1. The highest BCUT2D eigenvalue weighted by Crippen LogP contribution is 2.26. The molecule has 1 heterocycles. The molecule has 496 valence electrons. The van der Waals surface area contributed by atoms with Gasteiger partial charge in [-0.05, 0) is 122 Å². The molecule has 6 N–H and O–H groups in total. The van der Waals surface area contributed by atoms with Gasteiger partial charge < -0.3 is 45.1 Å².